The molecular formula is C16H16F2O2. The highest BCUT2D eigenvalue weighted by molar-refractivity contribution is 5.36. The molecule has 0 fully saturated rings. The van der Waals surface area contributed by atoms with Crippen molar-refractivity contribution in [1.82, 2.24) is 0 Å². The van der Waals surface area contributed by atoms with Crippen molar-refractivity contribution in [1.29, 1.82) is 0 Å². The van der Waals surface area contributed by atoms with Gasteiger partial charge in [-0.25, -0.2) is 8.78 Å². The fourth-order valence-corrected chi connectivity index (χ4v) is 1.93. The summed E-state index contributed by atoms with van der Waals surface area (Å²) in [6.07, 6.45) is -0.839. The van der Waals surface area contributed by atoms with Gasteiger partial charge in [0.2, 0.25) is 0 Å². The molecule has 0 aromatic heterocycles. The van der Waals surface area contributed by atoms with Gasteiger partial charge in [-0.3, -0.25) is 0 Å². The molecule has 0 saturated heterocycles. The molecule has 0 heterocycles. The summed E-state index contributed by atoms with van der Waals surface area (Å²) in [5.74, 6) is -0.371. The van der Waals surface area contributed by atoms with Gasteiger partial charge in [0.1, 0.15) is 24.0 Å². The molecule has 0 spiro atoms. The second-order valence-corrected chi connectivity index (χ2v) is 4.72. The summed E-state index contributed by atoms with van der Waals surface area (Å²) in [6, 6.07) is 8.43. The molecule has 2 aromatic rings. The minimum absolute atomic E-state index is 0.162. The first-order valence-corrected chi connectivity index (χ1v) is 6.32. The monoisotopic (exact) mass is 278 g/mol. The van der Waals surface area contributed by atoms with Crippen LogP contribution in [0.3, 0.4) is 0 Å². The predicted molar refractivity (Wildman–Crippen MR) is 72.5 cm³/mol. The number of rotatable bonds is 4. The van der Waals surface area contributed by atoms with E-state index in [2.05, 4.69) is 0 Å². The van der Waals surface area contributed by atoms with Crippen LogP contribution in [-0.4, -0.2) is 5.11 Å². The molecule has 0 bridgehead atoms. The Labute approximate surface area is 116 Å². The second-order valence-electron chi connectivity index (χ2n) is 4.72. The summed E-state index contributed by atoms with van der Waals surface area (Å²) in [6.45, 7) is 3.56. The first-order valence-electron chi connectivity index (χ1n) is 6.32. The highest BCUT2D eigenvalue weighted by atomic mass is 19.1. The number of aryl methyl sites for hydroxylation is 1. The van der Waals surface area contributed by atoms with Crippen LogP contribution >= 0.6 is 0 Å². The van der Waals surface area contributed by atoms with E-state index in [-0.39, 0.29) is 12.4 Å². The molecule has 0 radical (unpaired) electrons. The van der Waals surface area contributed by atoms with E-state index in [1.807, 2.05) is 6.92 Å². The number of aliphatic hydroxyl groups is 1. The quantitative estimate of drug-likeness (QED) is 0.919. The predicted octanol–water partition coefficient (Wildman–Crippen LogP) is 3.91. The van der Waals surface area contributed by atoms with Gasteiger partial charge in [0.05, 0.1) is 6.10 Å². The fraction of sp³-hybridized carbons (Fsp3) is 0.250. The number of benzene rings is 2. The van der Waals surface area contributed by atoms with E-state index in [9.17, 15) is 13.9 Å². The van der Waals surface area contributed by atoms with E-state index in [4.69, 9.17) is 4.74 Å². The van der Waals surface area contributed by atoms with Crippen molar-refractivity contribution >= 4 is 0 Å². The molecule has 0 aliphatic carbocycles. The van der Waals surface area contributed by atoms with E-state index in [1.54, 1.807) is 6.07 Å². The Hall–Kier alpha value is -1.94. The zero-order valence-corrected chi connectivity index (χ0v) is 11.4. The molecule has 0 saturated carbocycles. The van der Waals surface area contributed by atoms with Crippen LogP contribution in [0.4, 0.5) is 8.78 Å². The topological polar surface area (TPSA) is 29.5 Å². The summed E-state index contributed by atoms with van der Waals surface area (Å²) in [7, 11) is 0. The van der Waals surface area contributed by atoms with Crippen molar-refractivity contribution in [3.8, 4) is 5.75 Å². The van der Waals surface area contributed by atoms with Gasteiger partial charge in [-0.2, -0.15) is 0 Å². The Morgan fingerprint density at radius 3 is 2.45 bits per heavy atom. The third kappa shape index (κ3) is 3.33. The van der Waals surface area contributed by atoms with Crippen LogP contribution in [0, 0.1) is 18.6 Å². The average molecular weight is 278 g/mol. The minimum Gasteiger partial charge on any atom is -0.489 e. The van der Waals surface area contributed by atoms with Crippen molar-refractivity contribution in [2.24, 2.45) is 0 Å². The Morgan fingerprint density at radius 2 is 1.75 bits per heavy atom. The molecule has 1 N–H and O–H groups in total. The SMILES string of the molecule is Cc1ccc(F)cc1COc1ccc(F)cc1[C@@H](C)O. The highest BCUT2D eigenvalue weighted by Crippen LogP contribution is 2.27. The number of halogens is 2. The van der Waals surface area contributed by atoms with E-state index in [0.29, 0.717) is 16.9 Å². The van der Waals surface area contributed by atoms with Crippen LogP contribution < -0.4 is 4.74 Å². The van der Waals surface area contributed by atoms with E-state index in [0.717, 1.165) is 5.56 Å². The van der Waals surface area contributed by atoms with E-state index < -0.39 is 11.9 Å². The lowest BCUT2D eigenvalue weighted by molar-refractivity contribution is 0.189. The summed E-state index contributed by atoms with van der Waals surface area (Å²) in [5.41, 5.74) is 2.00. The van der Waals surface area contributed by atoms with Gasteiger partial charge in [0, 0.05) is 5.56 Å². The Bertz CT molecular complexity index is 609. The molecule has 106 valence electrons. The average Bonchev–Trinajstić information content (AvgIpc) is 2.40. The summed E-state index contributed by atoms with van der Waals surface area (Å²) in [5, 5.41) is 9.62. The van der Waals surface area contributed by atoms with Gasteiger partial charge in [0.25, 0.3) is 0 Å². The van der Waals surface area contributed by atoms with Crippen LogP contribution in [0.5, 0.6) is 5.75 Å². The Kier molecular flexibility index (Phi) is 4.35. The fourth-order valence-electron chi connectivity index (χ4n) is 1.93. The molecule has 0 aliphatic heterocycles. The van der Waals surface area contributed by atoms with Crippen molar-refractivity contribution in [3.05, 3.63) is 64.7 Å². The van der Waals surface area contributed by atoms with Gasteiger partial charge < -0.3 is 9.84 Å². The molecular weight excluding hydrogens is 262 g/mol. The first-order chi connectivity index (χ1) is 9.47. The lowest BCUT2D eigenvalue weighted by Crippen LogP contribution is -2.03. The van der Waals surface area contributed by atoms with E-state index >= 15 is 0 Å². The van der Waals surface area contributed by atoms with E-state index in [1.165, 1.54) is 37.3 Å². The van der Waals surface area contributed by atoms with Crippen molar-refractivity contribution in [3.63, 3.8) is 0 Å². The molecule has 2 aromatic carbocycles. The zero-order valence-electron chi connectivity index (χ0n) is 11.4. The number of hydrogen-bond acceptors (Lipinski definition) is 2. The van der Waals surface area contributed by atoms with Crippen molar-refractivity contribution < 1.29 is 18.6 Å². The molecule has 4 heteroatoms. The summed E-state index contributed by atoms with van der Waals surface area (Å²) >= 11 is 0. The second kappa shape index (κ2) is 6.01. The normalized spacial score (nSPS) is 12.2. The standard InChI is InChI=1S/C16H16F2O2/c1-10-3-4-13(17)7-12(10)9-20-16-6-5-14(18)8-15(16)11(2)19/h3-8,11,19H,9H2,1-2H3/t11-/m1/s1. The van der Waals surface area contributed by atoms with Crippen molar-refractivity contribution in [2.45, 2.75) is 26.6 Å². The van der Waals surface area contributed by atoms with Crippen molar-refractivity contribution in [2.75, 3.05) is 0 Å². The Balaban J connectivity index is 2.20. The lowest BCUT2D eigenvalue weighted by atomic mass is 10.1. The van der Waals surface area contributed by atoms with Gasteiger partial charge in [-0.1, -0.05) is 6.07 Å². The molecule has 0 unspecified atom stereocenters. The maximum Gasteiger partial charge on any atom is 0.125 e. The number of hydrogen-bond donors (Lipinski definition) is 1. The largest absolute Gasteiger partial charge is 0.489 e. The maximum atomic E-state index is 13.2. The molecule has 1 atom stereocenters. The molecule has 0 aliphatic rings. The van der Waals surface area contributed by atoms with Gasteiger partial charge >= 0.3 is 0 Å². The van der Waals surface area contributed by atoms with Crippen LogP contribution in [0.1, 0.15) is 29.7 Å². The zero-order chi connectivity index (χ0) is 14.7. The van der Waals surface area contributed by atoms with Gasteiger partial charge in [0.15, 0.2) is 0 Å². The minimum atomic E-state index is -0.839. The third-order valence-corrected chi connectivity index (χ3v) is 3.12. The summed E-state index contributed by atoms with van der Waals surface area (Å²) < 4.78 is 31.9. The van der Waals surface area contributed by atoms with Gasteiger partial charge in [-0.15, -0.1) is 0 Å². The molecule has 20 heavy (non-hydrogen) atoms. The summed E-state index contributed by atoms with van der Waals surface area (Å²) in [4.78, 5) is 0. The molecule has 2 nitrogen and oxygen atoms in total. The van der Waals surface area contributed by atoms with Crippen LogP contribution in [-0.2, 0) is 6.61 Å². The van der Waals surface area contributed by atoms with Crippen LogP contribution in [0.15, 0.2) is 36.4 Å². The number of aliphatic hydroxyl groups excluding tert-OH is 1. The van der Waals surface area contributed by atoms with Crippen LogP contribution in [0.2, 0.25) is 0 Å². The number of ether oxygens (including phenoxy) is 1. The molecule has 0 amide bonds. The third-order valence-electron chi connectivity index (χ3n) is 3.12. The first kappa shape index (κ1) is 14.5. The maximum absolute atomic E-state index is 13.2. The smallest absolute Gasteiger partial charge is 0.125 e. The lowest BCUT2D eigenvalue weighted by Gasteiger charge is -2.14. The van der Waals surface area contributed by atoms with Gasteiger partial charge in [-0.05, 0) is 55.3 Å². The highest BCUT2D eigenvalue weighted by Gasteiger charge is 2.11. The Morgan fingerprint density at radius 1 is 1.10 bits per heavy atom. The van der Waals surface area contributed by atoms with Crippen LogP contribution in [0.25, 0.3) is 0 Å². The molecule has 2 rings (SSSR count).